The van der Waals surface area contributed by atoms with Crippen molar-refractivity contribution in [2.75, 3.05) is 30.9 Å². The van der Waals surface area contributed by atoms with Crippen LogP contribution in [0.2, 0.25) is 0 Å². The molecule has 0 spiro atoms. The van der Waals surface area contributed by atoms with Gasteiger partial charge in [-0.2, -0.15) is 22.7 Å². The van der Waals surface area contributed by atoms with E-state index in [2.05, 4.69) is 51.3 Å². The molecule has 1 aliphatic heterocycles. The minimum absolute atomic E-state index is 0.0618. The zero-order valence-corrected chi connectivity index (χ0v) is 23.8. The smallest absolute Gasteiger partial charge is 0.283 e. The highest BCUT2D eigenvalue weighted by atomic mass is 32.2. The van der Waals surface area contributed by atoms with Gasteiger partial charge in [-0.05, 0) is 54.3 Å². The van der Waals surface area contributed by atoms with Crippen molar-refractivity contribution in [1.29, 1.82) is 0 Å². The van der Waals surface area contributed by atoms with Crippen LogP contribution < -0.4 is 24.4 Å². The Hall–Kier alpha value is -3.92. The lowest BCUT2D eigenvalue weighted by Gasteiger charge is -2.19. The van der Waals surface area contributed by atoms with E-state index < -0.39 is 10.1 Å². The van der Waals surface area contributed by atoms with Gasteiger partial charge in [0.15, 0.2) is 5.75 Å². The maximum Gasteiger partial charge on any atom is 0.283 e. The van der Waals surface area contributed by atoms with Gasteiger partial charge in [-0.3, -0.25) is 0 Å². The summed E-state index contributed by atoms with van der Waals surface area (Å²) in [6, 6.07) is 26.5. The molecule has 1 aliphatic rings. The maximum atomic E-state index is 12.1. The molecule has 2 heterocycles. The number of anilines is 1. The van der Waals surface area contributed by atoms with Crippen molar-refractivity contribution in [2.24, 2.45) is 7.05 Å². The molecule has 0 aliphatic carbocycles. The van der Waals surface area contributed by atoms with Gasteiger partial charge in [0.05, 0.1) is 30.0 Å². The fraction of sp³-hybridized carbons (Fsp3) is 0.258. The predicted molar refractivity (Wildman–Crippen MR) is 157 cm³/mol. The lowest BCUT2D eigenvalue weighted by atomic mass is 10.0. The molecule has 0 amide bonds. The molecule has 1 N–H and O–H groups in total. The van der Waals surface area contributed by atoms with Crippen molar-refractivity contribution >= 4 is 32.8 Å². The highest BCUT2D eigenvalue weighted by Crippen LogP contribution is 2.42. The van der Waals surface area contributed by atoms with Gasteiger partial charge < -0.3 is 14.4 Å². The first kappa shape index (κ1) is 27.6. The van der Waals surface area contributed by atoms with Crippen molar-refractivity contribution in [3.63, 3.8) is 0 Å². The lowest BCUT2D eigenvalue weighted by molar-refractivity contribution is -0.646. The van der Waals surface area contributed by atoms with E-state index in [9.17, 15) is 8.42 Å². The number of benzene rings is 3. The van der Waals surface area contributed by atoms with E-state index in [0.29, 0.717) is 31.8 Å². The van der Waals surface area contributed by atoms with Crippen LogP contribution in [0.15, 0.2) is 84.7 Å². The van der Waals surface area contributed by atoms with E-state index >= 15 is 0 Å². The molecular formula is C31H34N3O5S+. The molecule has 0 fully saturated rings. The first-order valence-corrected chi connectivity index (χ1v) is 14.9. The van der Waals surface area contributed by atoms with Gasteiger partial charge in [-0.25, -0.2) is 0 Å². The van der Waals surface area contributed by atoms with E-state index in [1.54, 1.807) is 14.0 Å². The normalized spacial score (nSPS) is 14.0. The summed E-state index contributed by atoms with van der Waals surface area (Å²) in [4.78, 5) is 2.12. The number of nitrogens with one attached hydrogen (secondary N) is 1. The Morgan fingerprint density at radius 1 is 0.975 bits per heavy atom. The third kappa shape index (κ3) is 6.12. The second kappa shape index (κ2) is 12.1. The number of methoxy groups -OCH3 is 1. The Balaban J connectivity index is 1.45. The minimum Gasteiger partial charge on any atom is -0.497 e. The SMILES string of the molecule is CCNOS(=O)(=O)CCCCN1/C(=C/c2ccc3cc(OC)ccc3[n+]2C)Oc2ccc(-c3ccccc3)cc21. The molecular weight excluding hydrogens is 526 g/mol. The number of hydrogen-bond donors (Lipinski definition) is 1. The Kier molecular flexibility index (Phi) is 8.35. The summed E-state index contributed by atoms with van der Waals surface area (Å²) in [5, 5.41) is 1.07. The van der Waals surface area contributed by atoms with Crippen LogP contribution in [0.5, 0.6) is 11.5 Å². The molecule has 0 atom stereocenters. The average molecular weight is 561 g/mol. The number of unbranched alkanes of at least 4 members (excludes halogenated alkanes) is 1. The molecule has 0 unspecified atom stereocenters. The van der Waals surface area contributed by atoms with Gasteiger partial charge in [-0.1, -0.05) is 43.3 Å². The molecule has 0 saturated carbocycles. The number of fused-ring (bicyclic) bond motifs is 2. The number of hydrogen-bond acceptors (Lipinski definition) is 7. The van der Waals surface area contributed by atoms with Gasteiger partial charge in [0.25, 0.3) is 10.1 Å². The molecule has 0 radical (unpaired) electrons. The molecule has 0 bridgehead atoms. The second-order valence-electron chi connectivity index (χ2n) is 9.58. The van der Waals surface area contributed by atoms with Crippen LogP contribution in [0.3, 0.4) is 0 Å². The number of rotatable bonds is 11. The Morgan fingerprint density at radius 3 is 2.58 bits per heavy atom. The van der Waals surface area contributed by atoms with Crippen molar-refractivity contribution in [3.05, 3.63) is 90.4 Å². The number of aryl methyl sites for hydroxylation is 1. The van der Waals surface area contributed by atoms with E-state index in [1.807, 2.05) is 55.6 Å². The zero-order chi connectivity index (χ0) is 28.1. The second-order valence-corrected chi connectivity index (χ2v) is 11.3. The quantitative estimate of drug-likeness (QED) is 0.154. The van der Waals surface area contributed by atoms with Gasteiger partial charge >= 0.3 is 0 Å². The fourth-order valence-corrected chi connectivity index (χ4v) is 5.72. The lowest BCUT2D eigenvalue weighted by Crippen LogP contribution is -2.33. The zero-order valence-electron chi connectivity index (χ0n) is 23.0. The third-order valence-corrected chi connectivity index (χ3v) is 8.04. The summed E-state index contributed by atoms with van der Waals surface area (Å²) in [6.07, 6.45) is 3.11. The van der Waals surface area contributed by atoms with E-state index in [0.717, 1.165) is 44.9 Å². The van der Waals surface area contributed by atoms with Gasteiger partial charge in [-0.15, -0.1) is 0 Å². The summed E-state index contributed by atoms with van der Waals surface area (Å²) in [6.45, 7) is 2.78. The highest BCUT2D eigenvalue weighted by molar-refractivity contribution is 7.86. The van der Waals surface area contributed by atoms with Crippen LogP contribution in [0.1, 0.15) is 25.5 Å². The molecule has 1 aromatic heterocycles. The molecule has 8 nitrogen and oxygen atoms in total. The van der Waals surface area contributed by atoms with E-state index in [1.165, 1.54) is 0 Å². The van der Waals surface area contributed by atoms with Crippen LogP contribution in [0, 0.1) is 0 Å². The molecule has 208 valence electrons. The number of nitrogens with zero attached hydrogens (tertiary/aromatic N) is 2. The van der Waals surface area contributed by atoms with Gasteiger partial charge in [0, 0.05) is 25.2 Å². The standard InChI is InChI=1S/C31H34N3O5S/c1-4-32-39-40(35,36)19-9-8-18-34-29-21-24(23-10-6-5-7-11-23)13-17-30(29)38-31(34)22-26-14-12-25-20-27(37-3)15-16-28(25)33(26)2/h5-7,10-17,20-22,32H,4,8-9,18-19H2,1-3H3/q+1. The average Bonchev–Trinajstić information content (AvgIpc) is 3.32. The summed E-state index contributed by atoms with van der Waals surface area (Å²) >= 11 is 0. The van der Waals surface area contributed by atoms with Crippen LogP contribution in [0.25, 0.3) is 28.1 Å². The number of pyridine rings is 1. The molecule has 9 heteroatoms. The maximum absolute atomic E-state index is 12.1. The Bertz CT molecular complexity index is 1640. The minimum atomic E-state index is -3.62. The van der Waals surface area contributed by atoms with Crippen molar-refractivity contribution in [2.45, 2.75) is 19.8 Å². The molecule has 5 rings (SSSR count). The topological polar surface area (TPSA) is 81.0 Å². The van der Waals surface area contributed by atoms with Crippen molar-refractivity contribution in [3.8, 4) is 22.6 Å². The summed E-state index contributed by atoms with van der Waals surface area (Å²) in [5.41, 5.74) is 7.61. The van der Waals surface area contributed by atoms with Crippen LogP contribution in [-0.4, -0.2) is 34.4 Å². The fourth-order valence-electron chi connectivity index (χ4n) is 4.78. The number of hydroxylamine groups is 1. The number of aromatic nitrogens is 1. The first-order valence-electron chi connectivity index (χ1n) is 13.4. The first-order chi connectivity index (χ1) is 19.4. The number of ether oxygens (including phenoxy) is 2. The van der Waals surface area contributed by atoms with Gasteiger partial charge in [0.1, 0.15) is 12.8 Å². The van der Waals surface area contributed by atoms with Crippen molar-refractivity contribution < 1.29 is 26.7 Å². The Morgan fingerprint density at radius 2 is 1.80 bits per heavy atom. The molecule has 40 heavy (non-hydrogen) atoms. The summed E-state index contributed by atoms with van der Waals surface area (Å²) in [7, 11) is 0.0641. The van der Waals surface area contributed by atoms with Gasteiger partial charge in [0.2, 0.25) is 17.1 Å². The molecule has 3 aromatic carbocycles. The van der Waals surface area contributed by atoms with Crippen LogP contribution in [0.4, 0.5) is 5.69 Å². The van der Waals surface area contributed by atoms with Crippen LogP contribution in [-0.2, 0) is 21.4 Å². The largest absolute Gasteiger partial charge is 0.497 e. The Labute approximate surface area is 235 Å². The summed E-state index contributed by atoms with van der Waals surface area (Å²) in [5.74, 6) is 2.21. The summed E-state index contributed by atoms with van der Waals surface area (Å²) < 4.78 is 42.9. The molecule has 0 saturated heterocycles. The van der Waals surface area contributed by atoms with E-state index in [-0.39, 0.29) is 5.75 Å². The predicted octanol–water partition coefficient (Wildman–Crippen LogP) is 5.19. The highest BCUT2D eigenvalue weighted by Gasteiger charge is 2.28. The third-order valence-electron chi connectivity index (χ3n) is 6.88. The monoisotopic (exact) mass is 560 g/mol. The van der Waals surface area contributed by atoms with Crippen molar-refractivity contribution in [1.82, 2.24) is 5.48 Å². The van der Waals surface area contributed by atoms with Crippen LogP contribution >= 0.6 is 0 Å². The molecule has 4 aromatic rings. The van der Waals surface area contributed by atoms with E-state index in [4.69, 9.17) is 13.8 Å².